The topological polar surface area (TPSA) is 112 Å². The van der Waals surface area contributed by atoms with Crippen molar-refractivity contribution in [3.8, 4) is 5.75 Å². The summed E-state index contributed by atoms with van der Waals surface area (Å²) in [4.78, 5) is 32.9. The molecule has 1 aliphatic rings. The summed E-state index contributed by atoms with van der Waals surface area (Å²) in [5, 5.41) is 13.3. The normalized spacial score (nSPS) is 13.6. The van der Waals surface area contributed by atoms with E-state index in [1.807, 2.05) is 42.8 Å². The molecule has 0 fully saturated rings. The number of methoxy groups -OCH3 is 1. The quantitative estimate of drug-likeness (QED) is 0.227. The number of hydrogen-bond acceptors (Lipinski definition) is 5. The summed E-state index contributed by atoms with van der Waals surface area (Å²) in [6.45, 7) is 2.51. The van der Waals surface area contributed by atoms with Crippen molar-refractivity contribution in [3.05, 3.63) is 58.9 Å². The Hall–Kier alpha value is -3.95. The van der Waals surface area contributed by atoms with Gasteiger partial charge in [0.05, 0.1) is 35.3 Å². The Labute approximate surface area is 209 Å². The van der Waals surface area contributed by atoms with E-state index in [0.717, 1.165) is 16.6 Å². The van der Waals surface area contributed by atoms with Gasteiger partial charge in [0.25, 0.3) is 11.8 Å². The maximum atomic E-state index is 13.5. The third-order valence-electron chi connectivity index (χ3n) is 6.52. The number of carbonyl (C=O) groups is 2. The molecular weight excluding hydrogens is 463 g/mol. The van der Waals surface area contributed by atoms with E-state index in [1.165, 1.54) is 0 Å². The smallest absolute Gasteiger partial charge is 0.255 e. The lowest BCUT2D eigenvalue weighted by atomic mass is 10.0. The van der Waals surface area contributed by atoms with E-state index in [4.69, 9.17) is 15.1 Å². The Kier molecular flexibility index (Phi) is 7.52. The number of amidine groups is 1. The molecule has 0 radical (unpaired) electrons. The van der Waals surface area contributed by atoms with Crippen LogP contribution in [0.2, 0.25) is 0 Å². The average molecular weight is 495 g/mol. The highest BCUT2D eigenvalue weighted by atomic mass is 19.1. The predicted molar refractivity (Wildman–Crippen MR) is 135 cm³/mol. The van der Waals surface area contributed by atoms with E-state index in [0.29, 0.717) is 55.2 Å². The van der Waals surface area contributed by atoms with Crippen LogP contribution >= 0.6 is 0 Å². The van der Waals surface area contributed by atoms with Crippen molar-refractivity contribution >= 4 is 28.7 Å². The lowest BCUT2D eigenvalue weighted by Gasteiger charge is -2.20. The second-order valence-corrected chi connectivity index (χ2v) is 8.75. The molecule has 1 aromatic heterocycles. The fourth-order valence-corrected chi connectivity index (χ4v) is 4.60. The summed E-state index contributed by atoms with van der Waals surface area (Å²) in [5.74, 6) is 0.668. The van der Waals surface area contributed by atoms with E-state index >= 15 is 0 Å². The van der Waals surface area contributed by atoms with Crippen LogP contribution in [-0.4, -0.2) is 59.0 Å². The highest BCUT2D eigenvalue weighted by molar-refractivity contribution is 6.09. The highest BCUT2D eigenvalue weighted by Crippen LogP contribution is 2.28. The van der Waals surface area contributed by atoms with Gasteiger partial charge in [0, 0.05) is 32.7 Å². The maximum absolute atomic E-state index is 13.5. The molecule has 0 aliphatic carbocycles. The number of halogens is 1. The van der Waals surface area contributed by atoms with Crippen LogP contribution in [0.3, 0.4) is 0 Å². The molecule has 3 aromatic rings. The molecule has 0 saturated heterocycles. The number of hydrogen-bond donors (Lipinski definition) is 3. The minimum atomic E-state index is -0.853. The zero-order valence-corrected chi connectivity index (χ0v) is 20.7. The largest absolute Gasteiger partial charge is 0.497 e. The Bertz CT molecular complexity index is 1300. The Morgan fingerprint density at radius 2 is 2.11 bits per heavy atom. The van der Waals surface area contributed by atoms with Gasteiger partial charge >= 0.3 is 0 Å². The summed E-state index contributed by atoms with van der Waals surface area (Å²) in [6, 6.07) is 10.5. The zero-order valence-electron chi connectivity index (χ0n) is 20.7. The average Bonchev–Trinajstić information content (AvgIpc) is 3.41. The lowest BCUT2D eigenvalue weighted by Crippen LogP contribution is -2.33. The Morgan fingerprint density at radius 3 is 2.83 bits per heavy atom. The molecule has 0 bridgehead atoms. The van der Waals surface area contributed by atoms with Crippen molar-refractivity contribution in [2.24, 2.45) is 7.05 Å². The number of nitrogens with zero attached hydrogens (tertiary/aromatic N) is 3. The third-order valence-corrected chi connectivity index (χ3v) is 6.52. The first kappa shape index (κ1) is 25.2. The van der Waals surface area contributed by atoms with Gasteiger partial charge in [-0.15, -0.1) is 0 Å². The lowest BCUT2D eigenvalue weighted by molar-refractivity contribution is 0.0780. The number of aryl methyl sites for hydroxylation is 1. The standard InChI is InChI=1S/C26H31FN6O3/c1-4-33-15-16-7-5-8-18(23(16)26(33)35)25(34)31-19(9-6-12-29-22(28)14-27)24-30-20-13-17(36-3)10-11-21(20)32(24)2/h5,7-8,10-11,13,19H,4,6,9,12,14-15H2,1-3H3,(H2,28,29)(H,31,34)/t19-/m0/s1. The molecule has 2 aromatic carbocycles. The van der Waals surface area contributed by atoms with Crippen LogP contribution in [0, 0.1) is 5.41 Å². The van der Waals surface area contributed by atoms with Gasteiger partial charge in [0.1, 0.15) is 24.1 Å². The summed E-state index contributed by atoms with van der Waals surface area (Å²) in [7, 11) is 3.48. The van der Waals surface area contributed by atoms with Crippen molar-refractivity contribution in [2.75, 3.05) is 26.9 Å². The molecule has 1 aliphatic heterocycles. The molecule has 9 nitrogen and oxygen atoms in total. The minimum Gasteiger partial charge on any atom is -0.497 e. The van der Waals surface area contributed by atoms with Gasteiger partial charge in [-0.2, -0.15) is 0 Å². The van der Waals surface area contributed by atoms with Crippen molar-refractivity contribution in [1.29, 1.82) is 5.41 Å². The first-order valence-electron chi connectivity index (χ1n) is 12.0. The number of amides is 2. The fourth-order valence-electron chi connectivity index (χ4n) is 4.60. The number of nitrogens with one attached hydrogen (secondary N) is 3. The maximum Gasteiger partial charge on any atom is 0.255 e. The van der Waals surface area contributed by atoms with Crippen molar-refractivity contribution in [3.63, 3.8) is 0 Å². The minimum absolute atomic E-state index is 0.140. The summed E-state index contributed by atoms with van der Waals surface area (Å²) in [6.07, 6.45) is 1.06. The first-order chi connectivity index (χ1) is 17.4. The van der Waals surface area contributed by atoms with Gasteiger partial charge in [-0.3, -0.25) is 15.0 Å². The molecule has 4 rings (SSSR count). The number of fused-ring (bicyclic) bond motifs is 2. The number of alkyl halides is 1. The monoisotopic (exact) mass is 494 g/mol. The van der Waals surface area contributed by atoms with E-state index in [9.17, 15) is 14.0 Å². The molecule has 0 spiro atoms. The molecule has 1 atom stereocenters. The molecule has 0 saturated carbocycles. The van der Waals surface area contributed by atoms with Crippen LogP contribution in [0.25, 0.3) is 11.0 Å². The molecule has 3 N–H and O–H groups in total. The Balaban J connectivity index is 1.63. The summed E-state index contributed by atoms with van der Waals surface area (Å²) < 4.78 is 19.9. The molecule has 2 amide bonds. The van der Waals surface area contributed by atoms with Crippen molar-refractivity contribution in [2.45, 2.75) is 32.4 Å². The van der Waals surface area contributed by atoms with Crippen LogP contribution in [0.4, 0.5) is 4.39 Å². The molecule has 2 heterocycles. The van der Waals surface area contributed by atoms with Crippen molar-refractivity contribution in [1.82, 2.24) is 25.1 Å². The van der Waals surface area contributed by atoms with E-state index in [1.54, 1.807) is 24.1 Å². The molecular formula is C26H31FN6O3. The number of benzene rings is 2. The van der Waals surface area contributed by atoms with Crippen LogP contribution in [0.15, 0.2) is 36.4 Å². The third kappa shape index (κ3) is 4.89. The number of carbonyl (C=O) groups excluding carboxylic acids is 2. The molecule has 36 heavy (non-hydrogen) atoms. The van der Waals surface area contributed by atoms with Gasteiger partial charge in [-0.1, -0.05) is 12.1 Å². The van der Waals surface area contributed by atoms with E-state index < -0.39 is 12.7 Å². The van der Waals surface area contributed by atoms with Gasteiger partial charge in [0.15, 0.2) is 0 Å². The van der Waals surface area contributed by atoms with Crippen LogP contribution < -0.4 is 15.4 Å². The number of ether oxygens (including phenoxy) is 1. The predicted octanol–water partition coefficient (Wildman–Crippen LogP) is 3.35. The SMILES string of the molecule is CCN1Cc2cccc(C(=O)N[C@@H](CCCNC(=N)CF)c3nc4cc(OC)ccc4n3C)c2C1=O. The molecule has 0 unspecified atom stereocenters. The Morgan fingerprint density at radius 1 is 1.31 bits per heavy atom. The highest BCUT2D eigenvalue weighted by Gasteiger charge is 2.32. The van der Waals surface area contributed by atoms with Gasteiger partial charge in [-0.05, 0) is 43.5 Å². The number of imidazole rings is 1. The second-order valence-electron chi connectivity index (χ2n) is 8.75. The number of aromatic nitrogens is 2. The van der Waals surface area contributed by atoms with Gasteiger partial charge in [0.2, 0.25) is 0 Å². The van der Waals surface area contributed by atoms with Crippen LogP contribution in [0.1, 0.15) is 57.9 Å². The summed E-state index contributed by atoms with van der Waals surface area (Å²) in [5.41, 5.74) is 3.25. The molecule has 190 valence electrons. The zero-order chi connectivity index (χ0) is 25.8. The van der Waals surface area contributed by atoms with Crippen LogP contribution in [0.5, 0.6) is 5.75 Å². The summed E-state index contributed by atoms with van der Waals surface area (Å²) >= 11 is 0. The van der Waals surface area contributed by atoms with Crippen LogP contribution in [-0.2, 0) is 13.6 Å². The van der Waals surface area contributed by atoms with E-state index in [2.05, 4.69) is 10.6 Å². The van der Waals surface area contributed by atoms with Crippen molar-refractivity contribution < 1.29 is 18.7 Å². The van der Waals surface area contributed by atoms with Gasteiger partial charge in [-0.25, -0.2) is 9.37 Å². The second kappa shape index (κ2) is 10.8. The molecule has 10 heteroatoms. The number of rotatable bonds is 10. The van der Waals surface area contributed by atoms with E-state index in [-0.39, 0.29) is 17.6 Å². The fraction of sp³-hybridized carbons (Fsp3) is 0.385. The first-order valence-corrected chi connectivity index (χ1v) is 12.0. The van der Waals surface area contributed by atoms with Gasteiger partial charge < -0.3 is 24.8 Å².